The number of rotatable bonds is 4. The minimum Gasteiger partial charge on any atom is -0.309 e. The van der Waals surface area contributed by atoms with Gasteiger partial charge >= 0.3 is 0 Å². The zero-order valence-electron chi connectivity index (χ0n) is 20.8. The number of nitrogens with zero attached hydrogens (tertiary/aromatic N) is 3. The second-order valence-corrected chi connectivity index (χ2v) is 11.3. The van der Waals surface area contributed by atoms with Crippen LogP contribution in [-0.4, -0.2) is 14.5 Å². The largest absolute Gasteiger partial charge is 0.309 e. The number of para-hydroxylation sites is 1. The Labute approximate surface area is 233 Å². The standard InChI is InChI=1S/C34H21N3S2/c1-2-13-31-27(9-1)28-15-14-23(34-36-30-12-6-10-26(33(30)39-34)24-16-18-38-21-24)20-32(28)37(31)25-8-5-7-22(19-25)29-11-3-4-17-35-29/h1-21H. The number of hydrogen-bond donors (Lipinski definition) is 0. The molecular weight excluding hydrogens is 515 g/mol. The number of thiophene rings is 1. The lowest BCUT2D eigenvalue weighted by Gasteiger charge is -2.10. The summed E-state index contributed by atoms with van der Waals surface area (Å²) >= 11 is 3.49. The highest BCUT2D eigenvalue weighted by Crippen LogP contribution is 2.40. The zero-order chi connectivity index (χ0) is 25.8. The molecular formula is C34H21N3S2. The molecule has 0 unspecified atom stereocenters. The van der Waals surface area contributed by atoms with E-state index in [-0.39, 0.29) is 0 Å². The summed E-state index contributed by atoms with van der Waals surface area (Å²) < 4.78 is 3.60. The quantitative estimate of drug-likeness (QED) is 0.224. The second-order valence-electron chi connectivity index (χ2n) is 9.53. The Kier molecular flexibility index (Phi) is 5.18. The summed E-state index contributed by atoms with van der Waals surface area (Å²) in [5.41, 5.74) is 10.2. The Morgan fingerprint density at radius 3 is 2.44 bits per heavy atom. The van der Waals surface area contributed by atoms with Gasteiger partial charge in [0.1, 0.15) is 5.01 Å². The molecule has 0 amide bonds. The lowest BCUT2D eigenvalue weighted by atomic mass is 10.1. The van der Waals surface area contributed by atoms with Crippen molar-refractivity contribution in [3.05, 3.63) is 126 Å². The molecule has 0 aliphatic heterocycles. The van der Waals surface area contributed by atoms with Gasteiger partial charge in [0.25, 0.3) is 0 Å². The first-order valence-corrected chi connectivity index (χ1v) is 14.6. The highest BCUT2D eigenvalue weighted by atomic mass is 32.1. The van der Waals surface area contributed by atoms with Crippen LogP contribution < -0.4 is 0 Å². The Morgan fingerprint density at radius 2 is 1.54 bits per heavy atom. The third-order valence-electron chi connectivity index (χ3n) is 7.23. The first-order valence-electron chi connectivity index (χ1n) is 12.8. The van der Waals surface area contributed by atoms with Crippen molar-refractivity contribution in [2.24, 2.45) is 0 Å². The first kappa shape index (κ1) is 22.4. The van der Waals surface area contributed by atoms with E-state index in [2.05, 4.69) is 117 Å². The number of benzene rings is 4. The molecule has 0 aliphatic carbocycles. The number of hydrogen-bond acceptors (Lipinski definition) is 4. The summed E-state index contributed by atoms with van der Waals surface area (Å²) in [6, 6.07) is 38.7. The summed E-state index contributed by atoms with van der Waals surface area (Å²) in [6.07, 6.45) is 1.84. The molecule has 184 valence electrons. The predicted molar refractivity (Wildman–Crippen MR) is 166 cm³/mol. The Balaban J connectivity index is 1.34. The molecule has 0 atom stereocenters. The molecule has 8 rings (SSSR count). The summed E-state index contributed by atoms with van der Waals surface area (Å²) in [5.74, 6) is 0. The van der Waals surface area contributed by atoms with Gasteiger partial charge in [0.15, 0.2) is 0 Å². The van der Waals surface area contributed by atoms with E-state index in [1.165, 1.54) is 37.6 Å². The van der Waals surface area contributed by atoms with Gasteiger partial charge in [-0.3, -0.25) is 4.98 Å². The average Bonchev–Trinajstić information content (AvgIpc) is 3.75. The summed E-state index contributed by atoms with van der Waals surface area (Å²) in [7, 11) is 0. The van der Waals surface area contributed by atoms with Crippen LogP contribution in [0.4, 0.5) is 0 Å². The predicted octanol–water partition coefficient (Wildman–Crippen LogP) is 9.85. The molecule has 0 N–H and O–H groups in total. The molecule has 0 saturated heterocycles. The Hall–Kier alpha value is -4.58. The van der Waals surface area contributed by atoms with E-state index >= 15 is 0 Å². The van der Waals surface area contributed by atoms with Crippen LogP contribution in [0.2, 0.25) is 0 Å². The molecule has 0 aliphatic rings. The fourth-order valence-electron chi connectivity index (χ4n) is 5.44. The van der Waals surface area contributed by atoms with Crippen molar-refractivity contribution < 1.29 is 0 Å². The minimum atomic E-state index is 0.969. The van der Waals surface area contributed by atoms with Crippen molar-refractivity contribution in [2.45, 2.75) is 0 Å². The van der Waals surface area contributed by atoms with E-state index in [4.69, 9.17) is 4.98 Å². The minimum absolute atomic E-state index is 0.969. The zero-order valence-corrected chi connectivity index (χ0v) is 22.4. The van der Waals surface area contributed by atoms with Crippen LogP contribution in [0.1, 0.15) is 0 Å². The molecule has 0 fully saturated rings. The van der Waals surface area contributed by atoms with Gasteiger partial charge < -0.3 is 4.57 Å². The van der Waals surface area contributed by atoms with Crippen LogP contribution >= 0.6 is 22.7 Å². The van der Waals surface area contributed by atoms with Crippen molar-refractivity contribution in [3.63, 3.8) is 0 Å². The molecule has 4 aromatic heterocycles. The molecule has 0 spiro atoms. The van der Waals surface area contributed by atoms with E-state index < -0.39 is 0 Å². The maximum Gasteiger partial charge on any atom is 0.124 e. The first-order chi connectivity index (χ1) is 19.3. The lowest BCUT2D eigenvalue weighted by molar-refractivity contribution is 1.18. The van der Waals surface area contributed by atoms with Gasteiger partial charge in [0.2, 0.25) is 0 Å². The average molecular weight is 536 g/mol. The van der Waals surface area contributed by atoms with Crippen LogP contribution in [0.25, 0.3) is 70.7 Å². The van der Waals surface area contributed by atoms with Gasteiger partial charge in [-0.25, -0.2) is 4.98 Å². The molecule has 8 aromatic rings. The van der Waals surface area contributed by atoms with E-state index in [1.807, 2.05) is 18.3 Å². The Bertz CT molecular complexity index is 2120. The topological polar surface area (TPSA) is 30.7 Å². The lowest BCUT2D eigenvalue weighted by Crippen LogP contribution is -1.95. The molecule has 3 nitrogen and oxygen atoms in total. The third kappa shape index (κ3) is 3.70. The van der Waals surface area contributed by atoms with Gasteiger partial charge in [-0.1, -0.05) is 60.7 Å². The van der Waals surface area contributed by atoms with Gasteiger partial charge in [-0.2, -0.15) is 11.3 Å². The van der Waals surface area contributed by atoms with Crippen LogP contribution in [0, 0.1) is 0 Å². The fraction of sp³-hybridized carbons (Fsp3) is 0. The summed E-state index contributed by atoms with van der Waals surface area (Å²) in [4.78, 5) is 9.66. The van der Waals surface area contributed by atoms with E-state index in [0.717, 1.165) is 33.0 Å². The highest BCUT2D eigenvalue weighted by molar-refractivity contribution is 7.22. The molecule has 4 heterocycles. The molecule has 0 saturated carbocycles. The monoisotopic (exact) mass is 535 g/mol. The van der Waals surface area contributed by atoms with Gasteiger partial charge in [0.05, 0.1) is 26.9 Å². The van der Waals surface area contributed by atoms with Crippen LogP contribution in [0.5, 0.6) is 0 Å². The number of thiazole rings is 1. The molecule has 39 heavy (non-hydrogen) atoms. The second kappa shape index (κ2) is 9.02. The number of aromatic nitrogens is 3. The molecule has 0 bridgehead atoms. The Morgan fingerprint density at radius 1 is 0.641 bits per heavy atom. The summed E-state index contributed by atoms with van der Waals surface area (Å²) in [6.45, 7) is 0. The van der Waals surface area contributed by atoms with E-state index in [0.29, 0.717) is 0 Å². The van der Waals surface area contributed by atoms with Gasteiger partial charge in [-0.15, -0.1) is 11.3 Å². The van der Waals surface area contributed by atoms with Crippen molar-refractivity contribution >= 4 is 54.7 Å². The van der Waals surface area contributed by atoms with E-state index in [1.54, 1.807) is 22.7 Å². The summed E-state index contributed by atoms with van der Waals surface area (Å²) in [5, 5.41) is 7.85. The van der Waals surface area contributed by atoms with Gasteiger partial charge in [0, 0.05) is 39.3 Å². The maximum absolute atomic E-state index is 5.07. The van der Waals surface area contributed by atoms with Crippen LogP contribution in [0.3, 0.4) is 0 Å². The molecule has 4 aromatic carbocycles. The molecule has 0 radical (unpaired) electrons. The normalized spacial score (nSPS) is 11.6. The van der Waals surface area contributed by atoms with Crippen molar-refractivity contribution in [1.82, 2.24) is 14.5 Å². The number of fused-ring (bicyclic) bond motifs is 4. The SMILES string of the molecule is c1ccc(-c2cccc(-n3c4ccccc4c4ccc(-c5nc6cccc(-c7ccsc7)c6s5)cc43)c2)nc1. The third-order valence-corrected chi connectivity index (χ3v) is 9.07. The maximum atomic E-state index is 5.07. The van der Waals surface area contributed by atoms with Crippen molar-refractivity contribution in [3.8, 4) is 38.6 Å². The highest BCUT2D eigenvalue weighted by Gasteiger charge is 2.16. The van der Waals surface area contributed by atoms with Crippen molar-refractivity contribution in [2.75, 3.05) is 0 Å². The van der Waals surface area contributed by atoms with Crippen LogP contribution in [0.15, 0.2) is 126 Å². The van der Waals surface area contributed by atoms with Crippen molar-refractivity contribution in [1.29, 1.82) is 0 Å². The number of pyridine rings is 1. The van der Waals surface area contributed by atoms with Crippen LogP contribution in [-0.2, 0) is 0 Å². The smallest absolute Gasteiger partial charge is 0.124 e. The molecule has 5 heteroatoms. The van der Waals surface area contributed by atoms with Gasteiger partial charge in [-0.05, 0) is 64.9 Å². The fourth-order valence-corrected chi connectivity index (χ4v) is 7.19. The van der Waals surface area contributed by atoms with E-state index in [9.17, 15) is 0 Å².